The van der Waals surface area contributed by atoms with Gasteiger partial charge in [0.05, 0.1) is 6.54 Å². The molecular weight excluding hydrogens is 242 g/mol. The summed E-state index contributed by atoms with van der Waals surface area (Å²) < 4.78 is 0. The second kappa shape index (κ2) is 5.04. The smallest absolute Gasteiger partial charge is 0.156 e. The van der Waals surface area contributed by atoms with Crippen molar-refractivity contribution in [3.05, 3.63) is 0 Å². The zero-order valence-corrected chi connectivity index (χ0v) is 12.4. The molecule has 2 fully saturated rings. The van der Waals surface area contributed by atoms with Gasteiger partial charge in [0.1, 0.15) is 0 Å². The summed E-state index contributed by atoms with van der Waals surface area (Å²) in [5.74, 6) is 0.969. The third-order valence-electron chi connectivity index (χ3n) is 4.69. The van der Waals surface area contributed by atoms with Crippen LogP contribution in [-0.4, -0.2) is 48.5 Å². The van der Waals surface area contributed by atoms with Gasteiger partial charge in [-0.25, -0.2) is 0 Å². The van der Waals surface area contributed by atoms with E-state index in [2.05, 4.69) is 29.2 Å². The van der Waals surface area contributed by atoms with Crippen LogP contribution in [0.1, 0.15) is 32.6 Å². The average Bonchev–Trinajstić information content (AvgIpc) is 3.11. The summed E-state index contributed by atoms with van der Waals surface area (Å²) in [5, 5.41) is 5.62. The quantitative estimate of drug-likeness (QED) is 0.849. The van der Waals surface area contributed by atoms with Crippen LogP contribution >= 0.6 is 11.8 Å². The monoisotopic (exact) mass is 267 g/mol. The minimum absolute atomic E-state index is 0.466. The SMILES string of the molecule is CN1CCC(C)(CNC2=NCC(C3CC3)S2)CC1. The Kier molecular flexibility index (Phi) is 3.59. The molecule has 1 atom stereocenters. The highest BCUT2D eigenvalue weighted by atomic mass is 32.2. The van der Waals surface area contributed by atoms with Crippen molar-refractivity contribution < 1.29 is 0 Å². The van der Waals surface area contributed by atoms with Crippen molar-refractivity contribution in [1.82, 2.24) is 10.2 Å². The van der Waals surface area contributed by atoms with E-state index in [9.17, 15) is 0 Å². The minimum atomic E-state index is 0.466. The van der Waals surface area contributed by atoms with Crippen molar-refractivity contribution in [1.29, 1.82) is 0 Å². The number of rotatable bonds is 3. The van der Waals surface area contributed by atoms with Crippen LogP contribution in [0, 0.1) is 11.3 Å². The molecule has 0 spiro atoms. The van der Waals surface area contributed by atoms with Gasteiger partial charge in [-0.1, -0.05) is 18.7 Å². The topological polar surface area (TPSA) is 27.6 Å². The van der Waals surface area contributed by atoms with E-state index in [1.54, 1.807) is 0 Å². The van der Waals surface area contributed by atoms with Gasteiger partial charge in [0, 0.05) is 11.8 Å². The van der Waals surface area contributed by atoms with Gasteiger partial charge in [0.2, 0.25) is 0 Å². The van der Waals surface area contributed by atoms with Crippen molar-refractivity contribution in [3.63, 3.8) is 0 Å². The van der Waals surface area contributed by atoms with Gasteiger partial charge in [0.25, 0.3) is 0 Å². The lowest BCUT2D eigenvalue weighted by molar-refractivity contribution is 0.142. The summed E-state index contributed by atoms with van der Waals surface area (Å²) in [6.07, 6.45) is 5.48. The lowest BCUT2D eigenvalue weighted by Crippen LogP contribution is -2.42. The highest BCUT2D eigenvalue weighted by Crippen LogP contribution is 2.41. The van der Waals surface area contributed by atoms with Crippen LogP contribution < -0.4 is 5.32 Å². The molecule has 0 aromatic carbocycles. The first-order chi connectivity index (χ1) is 8.65. The van der Waals surface area contributed by atoms with Gasteiger partial charge in [-0.15, -0.1) is 0 Å². The number of nitrogens with zero attached hydrogens (tertiary/aromatic N) is 2. The maximum atomic E-state index is 4.67. The molecule has 1 N–H and O–H groups in total. The number of thioether (sulfide) groups is 1. The molecular formula is C14H25N3S. The van der Waals surface area contributed by atoms with Gasteiger partial charge in [-0.3, -0.25) is 4.99 Å². The summed E-state index contributed by atoms with van der Waals surface area (Å²) in [7, 11) is 2.23. The standard InChI is InChI=1S/C14H25N3S/c1-14(5-7-17(2)8-6-14)10-16-13-15-9-12(18-13)11-3-4-11/h11-12H,3-10H2,1-2H3,(H,15,16). The van der Waals surface area contributed by atoms with Crippen LogP contribution in [0.25, 0.3) is 0 Å². The zero-order chi connectivity index (χ0) is 12.6. The Balaban J connectivity index is 1.43. The van der Waals surface area contributed by atoms with E-state index < -0.39 is 0 Å². The Labute approximate surface area is 115 Å². The Hall–Kier alpha value is -0.220. The first-order valence-electron chi connectivity index (χ1n) is 7.28. The Morgan fingerprint density at radius 2 is 2.11 bits per heavy atom. The number of likely N-dealkylation sites (tertiary alicyclic amines) is 1. The molecule has 2 heterocycles. The van der Waals surface area contributed by atoms with E-state index in [0.29, 0.717) is 5.41 Å². The highest BCUT2D eigenvalue weighted by molar-refractivity contribution is 8.14. The predicted molar refractivity (Wildman–Crippen MR) is 79.2 cm³/mol. The maximum absolute atomic E-state index is 4.67. The Morgan fingerprint density at radius 1 is 1.39 bits per heavy atom. The molecule has 0 aromatic rings. The van der Waals surface area contributed by atoms with Crippen molar-refractivity contribution in [3.8, 4) is 0 Å². The second-order valence-corrected chi connectivity index (χ2v) is 7.83. The number of piperidine rings is 1. The molecule has 3 nitrogen and oxygen atoms in total. The minimum Gasteiger partial charge on any atom is -0.364 e. The van der Waals surface area contributed by atoms with Crippen LogP contribution in [0.4, 0.5) is 0 Å². The highest BCUT2D eigenvalue weighted by Gasteiger charge is 2.36. The number of amidine groups is 1. The van der Waals surface area contributed by atoms with Crippen LogP contribution in [0.2, 0.25) is 0 Å². The van der Waals surface area contributed by atoms with Crippen molar-refractivity contribution >= 4 is 16.9 Å². The summed E-state index contributed by atoms with van der Waals surface area (Å²) in [5.41, 5.74) is 0.466. The number of aliphatic imine (C=N–C) groups is 1. The fourth-order valence-electron chi connectivity index (χ4n) is 2.83. The van der Waals surface area contributed by atoms with Gasteiger partial charge in [-0.05, 0) is 57.2 Å². The van der Waals surface area contributed by atoms with Gasteiger partial charge in [-0.2, -0.15) is 0 Å². The molecule has 2 aliphatic heterocycles. The molecule has 1 saturated carbocycles. The average molecular weight is 267 g/mol. The maximum Gasteiger partial charge on any atom is 0.156 e. The van der Waals surface area contributed by atoms with Gasteiger partial charge >= 0.3 is 0 Å². The van der Waals surface area contributed by atoms with Gasteiger partial charge in [0.15, 0.2) is 5.17 Å². The molecule has 0 bridgehead atoms. The molecule has 3 rings (SSSR count). The molecule has 0 amide bonds. The lowest BCUT2D eigenvalue weighted by Gasteiger charge is -2.38. The molecule has 3 aliphatic rings. The molecule has 0 aromatic heterocycles. The number of nitrogens with one attached hydrogen (secondary N) is 1. The molecule has 1 aliphatic carbocycles. The Bertz CT molecular complexity index is 330. The fraction of sp³-hybridized carbons (Fsp3) is 0.929. The largest absolute Gasteiger partial charge is 0.364 e. The Morgan fingerprint density at radius 3 is 2.78 bits per heavy atom. The molecule has 4 heteroatoms. The van der Waals surface area contributed by atoms with E-state index in [1.807, 2.05) is 11.8 Å². The molecule has 1 unspecified atom stereocenters. The molecule has 1 saturated heterocycles. The summed E-state index contributed by atoms with van der Waals surface area (Å²) in [6.45, 7) is 7.05. The van der Waals surface area contributed by atoms with Crippen LogP contribution in [-0.2, 0) is 0 Å². The third kappa shape index (κ3) is 3.02. The summed E-state index contributed by atoms with van der Waals surface area (Å²) >= 11 is 2.00. The first-order valence-corrected chi connectivity index (χ1v) is 8.16. The number of hydrogen-bond acceptors (Lipinski definition) is 4. The molecule has 0 radical (unpaired) electrons. The lowest BCUT2D eigenvalue weighted by atomic mass is 9.80. The van der Waals surface area contributed by atoms with Crippen molar-refractivity contribution in [2.24, 2.45) is 16.3 Å². The van der Waals surface area contributed by atoms with Crippen LogP contribution in [0.15, 0.2) is 4.99 Å². The third-order valence-corrected chi connectivity index (χ3v) is 6.02. The fourth-order valence-corrected chi connectivity index (χ4v) is 4.03. The summed E-state index contributed by atoms with van der Waals surface area (Å²) in [6, 6.07) is 0. The van der Waals surface area contributed by atoms with Gasteiger partial charge < -0.3 is 10.2 Å². The van der Waals surface area contributed by atoms with E-state index in [-0.39, 0.29) is 0 Å². The van der Waals surface area contributed by atoms with Crippen LogP contribution in [0.5, 0.6) is 0 Å². The molecule has 18 heavy (non-hydrogen) atoms. The van der Waals surface area contributed by atoms with Crippen LogP contribution in [0.3, 0.4) is 0 Å². The normalized spacial score (nSPS) is 32.3. The van der Waals surface area contributed by atoms with Crippen molar-refractivity contribution in [2.75, 3.05) is 33.2 Å². The van der Waals surface area contributed by atoms with E-state index in [0.717, 1.165) is 24.3 Å². The van der Waals surface area contributed by atoms with Crippen molar-refractivity contribution in [2.45, 2.75) is 37.9 Å². The second-order valence-electron chi connectivity index (χ2n) is 6.61. The molecule has 102 valence electrons. The van der Waals surface area contributed by atoms with E-state index >= 15 is 0 Å². The predicted octanol–water partition coefficient (Wildman–Crippen LogP) is 2.19. The number of hydrogen-bond donors (Lipinski definition) is 1. The summed E-state index contributed by atoms with van der Waals surface area (Å²) in [4.78, 5) is 7.10. The first kappa shape index (κ1) is 12.8. The van der Waals surface area contributed by atoms with E-state index in [1.165, 1.54) is 43.9 Å². The zero-order valence-electron chi connectivity index (χ0n) is 11.6. The van der Waals surface area contributed by atoms with E-state index in [4.69, 9.17) is 0 Å².